The summed E-state index contributed by atoms with van der Waals surface area (Å²) in [7, 11) is 1.72. The van der Waals surface area contributed by atoms with Crippen molar-refractivity contribution in [2.75, 3.05) is 13.6 Å². The normalized spacial score (nSPS) is 26.6. The van der Waals surface area contributed by atoms with Crippen molar-refractivity contribution in [3.8, 4) is 0 Å². The molecule has 3 amide bonds. The van der Waals surface area contributed by atoms with Gasteiger partial charge in [-0.2, -0.15) is 0 Å². The molecule has 1 aromatic rings. The number of nitrogens with zero attached hydrogens (tertiary/aromatic N) is 1. The van der Waals surface area contributed by atoms with E-state index in [0.717, 1.165) is 38.6 Å². The van der Waals surface area contributed by atoms with Crippen LogP contribution < -0.4 is 21.3 Å². The topological polar surface area (TPSA) is 140 Å². The molecule has 192 valence electrons. The van der Waals surface area contributed by atoms with Crippen molar-refractivity contribution in [2.45, 2.75) is 82.2 Å². The van der Waals surface area contributed by atoms with Gasteiger partial charge in [0.05, 0.1) is 18.2 Å². The summed E-state index contributed by atoms with van der Waals surface area (Å²) in [6.07, 6.45) is 5.53. The first-order valence-corrected chi connectivity index (χ1v) is 12.4. The molecule has 0 saturated carbocycles. The molecular weight excluding hydrogens is 450 g/mol. The van der Waals surface area contributed by atoms with E-state index in [4.69, 9.17) is 9.90 Å². The van der Waals surface area contributed by atoms with E-state index in [9.17, 15) is 14.4 Å². The molecule has 2 fully saturated rings. The number of hydrogen-bond acceptors (Lipinski definition) is 6. The van der Waals surface area contributed by atoms with Crippen molar-refractivity contribution in [1.82, 2.24) is 26.2 Å². The molecule has 10 heteroatoms. The van der Waals surface area contributed by atoms with Gasteiger partial charge < -0.3 is 26.0 Å². The largest absolute Gasteiger partial charge is 0.483 e. The lowest BCUT2D eigenvalue weighted by atomic mass is 9.87. The Kier molecular flexibility index (Phi) is 9.62. The van der Waals surface area contributed by atoms with E-state index in [0.29, 0.717) is 12.8 Å². The van der Waals surface area contributed by atoms with Crippen molar-refractivity contribution in [3.63, 3.8) is 0 Å². The molecule has 0 spiro atoms. The van der Waals surface area contributed by atoms with Crippen LogP contribution in [0.15, 0.2) is 24.3 Å². The molecular formula is C25H37N5O5. The maximum Gasteiger partial charge on any atom is 0.290 e. The SMILES string of the molecule is CN[C@@H](C)C(=O)N[C@H]1CCCN[C@H]2CCC(C(=O)N[C@H]3CCCc4ccccc43)N2C1=O.O=CO. The molecule has 5 N–H and O–H groups in total. The fourth-order valence-corrected chi connectivity index (χ4v) is 5.19. The summed E-state index contributed by atoms with van der Waals surface area (Å²) in [5.41, 5.74) is 2.48. The Labute approximate surface area is 206 Å². The summed E-state index contributed by atoms with van der Waals surface area (Å²) in [4.78, 5) is 49.4. The molecule has 2 aliphatic heterocycles. The number of nitrogens with one attached hydrogen (secondary N) is 4. The van der Waals surface area contributed by atoms with Crippen molar-refractivity contribution < 1.29 is 24.3 Å². The zero-order chi connectivity index (χ0) is 25.4. The molecule has 1 aliphatic carbocycles. The van der Waals surface area contributed by atoms with Gasteiger partial charge in [-0.3, -0.25) is 24.5 Å². The van der Waals surface area contributed by atoms with Crippen molar-refractivity contribution in [2.24, 2.45) is 0 Å². The zero-order valence-electron chi connectivity index (χ0n) is 20.5. The van der Waals surface area contributed by atoms with Gasteiger partial charge >= 0.3 is 0 Å². The fraction of sp³-hybridized carbons (Fsp3) is 0.600. The number of hydrogen-bond donors (Lipinski definition) is 5. The quantitative estimate of drug-likeness (QED) is 0.385. The minimum absolute atomic E-state index is 0.0173. The predicted molar refractivity (Wildman–Crippen MR) is 130 cm³/mol. The van der Waals surface area contributed by atoms with Gasteiger partial charge in [-0.15, -0.1) is 0 Å². The lowest BCUT2D eigenvalue weighted by molar-refractivity contribution is -0.145. The van der Waals surface area contributed by atoms with E-state index >= 15 is 0 Å². The van der Waals surface area contributed by atoms with Gasteiger partial charge in [-0.05, 0) is 76.6 Å². The number of likely N-dealkylation sites (N-methyl/N-ethyl adjacent to an activating group) is 1. The molecule has 1 unspecified atom stereocenters. The van der Waals surface area contributed by atoms with E-state index in [-0.39, 0.29) is 42.4 Å². The molecule has 0 bridgehead atoms. The highest BCUT2D eigenvalue weighted by Gasteiger charge is 2.44. The van der Waals surface area contributed by atoms with Gasteiger partial charge in [-0.1, -0.05) is 24.3 Å². The van der Waals surface area contributed by atoms with Crippen LogP contribution in [0.2, 0.25) is 0 Å². The predicted octanol–water partition coefficient (Wildman–Crippen LogP) is 0.674. The number of carboxylic acid groups (broad SMARTS) is 1. The average Bonchev–Trinajstić information content (AvgIpc) is 3.28. The van der Waals surface area contributed by atoms with Gasteiger partial charge in [0.1, 0.15) is 12.1 Å². The number of benzene rings is 1. The molecule has 2 saturated heterocycles. The summed E-state index contributed by atoms with van der Waals surface area (Å²) in [5.74, 6) is -0.464. The van der Waals surface area contributed by atoms with Crippen LogP contribution in [0.25, 0.3) is 0 Å². The van der Waals surface area contributed by atoms with E-state index in [1.807, 2.05) is 12.1 Å². The maximum atomic E-state index is 13.5. The first-order chi connectivity index (χ1) is 16.9. The van der Waals surface area contributed by atoms with E-state index in [1.54, 1.807) is 18.9 Å². The Hall–Kier alpha value is -2.98. The van der Waals surface area contributed by atoms with Crippen LogP contribution in [-0.2, 0) is 25.6 Å². The van der Waals surface area contributed by atoms with Gasteiger partial charge in [0, 0.05) is 0 Å². The van der Waals surface area contributed by atoms with E-state index in [2.05, 4.69) is 33.4 Å². The second-order valence-electron chi connectivity index (χ2n) is 9.28. The maximum absolute atomic E-state index is 13.5. The number of aryl methyl sites for hydroxylation is 1. The summed E-state index contributed by atoms with van der Waals surface area (Å²) in [6, 6.07) is 6.75. The highest BCUT2D eigenvalue weighted by atomic mass is 16.3. The summed E-state index contributed by atoms with van der Waals surface area (Å²) in [6.45, 7) is 2.27. The fourth-order valence-electron chi connectivity index (χ4n) is 5.19. The van der Waals surface area contributed by atoms with Crippen LogP contribution in [0.3, 0.4) is 0 Å². The Morgan fingerprint density at radius 3 is 2.57 bits per heavy atom. The Morgan fingerprint density at radius 1 is 1.11 bits per heavy atom. The van der Waals surface area contributed by atoms with Crippen molar-refractivity contribution >= 4 is 24.2 Å². The number of carbonyl (C=O) groups excluding carboxylic acids is 3. The Bertz CT molecular complexity index is 910. The Morgan fingerprint density at radius 2 is 1.83 bits per heavy atom. The molecule has 35 heavy (non-hydrogen) atoms. The smallest absolute Gasteiger partial charge is 0.290 e. The molecule has 2 heterocycles. The third kappa shape index (κ3) is 6.37. The third-order valence-corrected chi connectivity index (χ3v) is 7.12. The number of fused-ring (bicyclic) bond motifs is 2. The highest BCUT2D eigenvalue weighted by molar-refractivity contribution is 5.93. The summed E-state index contributed by atoms with van der Waals surface area (Å²) < 4.78 is 0. The number of carbonyl (C=O) groups is 4. The first-order valence-electron chi connectivity index (χ1n) is 12.4. The molecule has 0 radical (unpaired) electrons. The summed E-state index contributed by atoms with van der Waals surface area (Å²) in [5, 5.41) is 19.4. The minimum Gasteiger partial charge on any atom is -0.483 e. The Balaban J connectivity index is 0.00000108. The van der Waals surface area contributed by atoms with E-state index < -0.39 is 12.1 Å². The second-order valence-corrected chi connectivity index (χ2v) is 9.28. The molecule has 5 atom stereocenters. The molecule has 4 rings (SSSR count). The van der Waals surface area contributed by atoms with Crippen LogP contribution in [-0.4, -0.2) is 72.1 Å². The van der Waals surface area contributed by atoms with Crippen LogP contribution in [0.5, 0.6) is 0 Å². The molecule has 3 aliphatic rings. The van der Waals surface area contributed by atoms with Crippen LogP contribution in [0, 0.1) is 0 Å². The standard InChI is InChI=1S/C24H35N5O3.CH2O2/c1-15(25-2)22(30)28-19-11-6-14-26-21-13-12-20(29(21)24(19)32)23(31)27-18-10-5-8-16-7-3-4-9-17(16)18;2-1-3/h3-4,7,9,15,18-21,25-26H,5-6,8,10-14H2,1-2H3,(H,27,31)(H,28,30);1H,(H,2,3)/t15-,18-,19-,20?,21+;/m0./s1. The third-order valence-electron chi connectivity index (χ3n) is 7.12. The monoisotopic (exact) mass is 487 g/mol. The van der Waals surface area contributed by atoms with Gasteiger partial charge in [0.25, 0.3) is 6.47 Å². The molecule has 1 aromatic carbocycles. The average molecular weight is 488 g/mol. The number of rotatable bonds is 5. The van der Waals surface area contributed by atoms with Crippen molar-refractivity contribution in [1.29, 1.82) is 0 Å². The van der Waals surface area contributed by atoms with Gasteiger partial charge in [0.15, 0.2) is 0 Å². The van der Waals surface area contributed by atoms with Gasteiger partial charge in [-0.25, -0.2) is 0 Å². The first kappa shape index (κ1) is 26.6. The second kappa shape index (κ2) is 12.6. The zero-order valence-corrected chi connectivity index (χ0v) is 20.5. The van der Waals surface area contributed by atoms with Crippen LogP contribution in [0.4, 0.5) is 0 Å². The van der Waals surface area contributed by atoms with E-state index in [1.165, 1.54) is 11.1 Å². The number of amides is 3. The lowest BCUT2D eigenvalue weighted by Gasteiger charge is -2.36. The lowest BCUT2D eigenvalue weighted by Crippen LogP contribution is -2.61. The van der Waals surface area contributed by atoms with Crippen molar-refractivity contribution in [3.05, 3.63) is 35.4 Å². The molecule has 0 aromatic heterocycles. The minimum atomic E-state index is -0.605. The van der Waals surface area contributed by atoms with Crippen LogP contribution in [0.1, 0.15) is 62.6 Å². The highest BCUT2D eigenvalue weighted by Crippen LogP contribution is 2.31. The van der Waals surface area contributed by atoms with Crippen LogP contribution >= 0.6 is 0 Å². The summed E-state index contributed by atoms with van der Waals surface area (Å²) >= 11 is 0. The van der Waals surface area contributed by atoms with Gasteiger partial charge in [0.2, 0.25) is 17.7 Å². The molecule has 10 nitrogen and oxygen atoms in total.